The van der Waals surface area contributed by atoms with Crippen molar-refractivity contribution in [1.29, 1.82) is 0 Å². The van der Waals surface area contributed by atoms with Crippen LogP contribution in [0.4, 0.5) is 4.39 Å². The van der Waals surface area contributed by atoms with E-state index in [-0.39, 0.29) is 18.2 Å². The van der Waals surface area contributed by atoms with Crippen molar-refractivity contribution >= 4 is 18.3 Å². The highest BCUT2D eigenvalue weighted by Crippen LogP contribution is 2.20. The summed E-state index contributed by atoms with van der Waals surface area (Å²) in [6.07, 6.45) is 1.56. The van der Waals surface area contributed by atoms with Crippen LogP contribution in [0.3, 0.4) is 0 Å². The number of nitrogens with two attached hydrogens (primary N) is 1. The molecule has 1 heterocycles. The van der Waals surface area contributed by atoms with Crippen molar-refractivity contribution in [2.24, 2.45) is 5.73 Å². The predicted octanol–water partition coefficient (Wildman–Crippen LogP) is 2.41. The predicted molar refractivity (Wildman–Crippen MR) is 65.4 cm³/mol. The first-order chi connectivity index (χ1) is 7.68. The molecule has 0 saturated heterocycles. The van der Waals surface area contributed by atoms with Crippen LogP contribution in [0, 0.1) is 5.82 Å². The second-order valence-electron chi connectivity index (χ2n) is 3.27. The molecule has 1 amide bonds. The highest BCUT2D eigenvalue weighted by atomic mass is 35.5. The van der Waals surface area contributed by atoms with Crippen LogP contribution in [0.2, 0.25) is 0 Å². The van der Waals surface area contributed by atoms with Gasteiger partial charge in [0.25, 0.3) is 5.91 Å². The van der Waals surface area contributed by atoms with Crippen molar-refractivity contribution in [2.45, 2.75) is 0 Å². The molecule has 0 aliphatic heterocycles. The number of hydrogen-bond acceptors (Lipinski definition) is 2. The van der Waals surface area contributed by atoms with Gasteiger partial charge in [-0.05, 0) is 36.4 Å². The van der Waals surface area contributed by atoms with E-state index in [0.29, 0.717) is 16.8 Å². The zero-order valence-electron chi connectivity index (χ0n) is 8.76. The minimum atomic E-state index is -0.549. The monoisotopic (exact) mass is 252 g/mol. The third kappa shape index (κ3) is 2.79. The van der Waals surface area contributed by atoms with E-state index in [2.05, 4.69) is 4.98 Å². The molecule has 1 aromatic carbocycles. The number of carbonyl (C=O) groups excluding carboxylic acids is 1. The Labute approximate surface area is 104 Å². The van der Waals surface area contributed by atoms with Crippen molar-refractivity contribution in [2.75, 3.05) is 0 Å². The maximum absolute atomic E-state index is 12.7. The molecule has 0 bridgehead atoms. The fourth-order valence-corrected chi connectivity index (χ4v) is 1.44. The Morgan fingerprint density at radius 2 is 1.82 bits per heavy atom. The molecule has 0 radical (unpaired) electrons. The van der Waals surface area contributed by atoms with Gasteiger partial charge >= 0.3 is 0 Å². The second-order valence-corrected chi connectivity index (χ2v) is 3.27. The van der Waals surface area contributed by atoms with Crippen LogP contribution in [0.1, 0.15) is 10.4 Å². The molecule has 2 rings (SSSR count). The summed E-state index contributed by atoms with van der Waals surface area (Å²) in [6, 6.07) is 8.97. The Kier molecular flexibility index (Phi) is 4.17. The number of carbonyl (C=O) groups is 1. The lowest BCUT2D eigenvalue weighted by Gasteiger charge is -2.04. The van der Waals surface area contributed by atoms with Crippen LogP contribution >= 0.6 is 12.4 Å². The molecule has 0 aliphatic rings. The van der Waals surface area contributed by atoms with E-state index in [0.717, 1.165) is 0 Å². The summed E-state index contributed by atoms with van der Waals surface area (Å²) in [7, 11) is 0. The first-order valence-electron chi connectivity index (χ1n) is 4.69. The molecule has 0 spiro atoms. The smallest absolute Gasteiger partial charge is 0.250 e. The number of nitrogens with zero attached hydrogens (tertiary/aromatic N) is 1. The number of halogens is 2. The molecule has 2 N–H and O–H groups in total. The van der Waals surface area contributed by atoms with Gasteiger partial charge in [0, 0.05) is 11.8 Å². The summed E-state index contributed by atoms with van der Waals surface area (Å²) >= 11 is 0. The molecule has 0 fully saturated rings. The van der Waals surface area contributed by atoms with Crippen molar-refractivity contribution in [3.63, 3.8) is 0 Å². The summed E-state index contributed by atoms with van der Waals surface area (Å²) in [5.74, 6) is -0.882. The van der Waals surface area contributed by atoms with Gasteiger partial charge < -0.3 is 5.73 Å². The Morgan fingerprint density at radius 1 is 1.18 bits per heavy atom. The van der Waals surface area contributed by atoms with Gasteiger partial charge in [-0.3, -0.25) is 9.78 Å². The van der Waals surface area contributed by atoms with Gasteiger partial charge in [-0.1, -0.05) is 0 Å². The Morgan fingerprint density at radius 3 is 2.41 bits per heavy atom. The number of hydrogen-bond donors (Lipinski definition) is 1. The first kappa shape index (κ1) is 13.1. The normalized spacial score (nSPS) is 9.47. The number of benzene rings is 1. The van der Waals surface area contributed by atoms with Gasteiger partial charge in [-0.2, -0.15) is 0 Å². The molecule has 0 saturated carbocycles. The highest BCUT2D eigenvalue weighted by molar-refractivity contribution is 5.98. The third-order valence-electron chi connectivity index (χ3n) is 2.19. The second kappa shape index (κ2) is 5.41. The number of aromatic nitrogens is 1. The van der Waals surface area contributed by atoms with Crippen molar-refractivity contribution in [1.82, 2.24) is 4.98 Å². The van der Waals surface area contributed by atoms with Crippen molar-refractivity contribution in [3.8, 4) is 11.3 Å². The minimum Gasteiger partial charge on any atom is -0.366 e. The minimum absolute atomic E-state index is 0. The largest absolute Gasteiger partial charge is 0.366 e. The molecule has 0 unspecified atom stereocenters. The molecule has 17 heavy (non-hydrogen) atoms. The molecule has 88 valence electrons. The summed E-state index contributed by atoms with van der Waals surface area (Å²) in [5, 5.41) is 0. The molecule has 3 nitrogen and oxygen atoms in total. The lowest BCUT2D eigenvalue weighted by atomic mass is 10.1. The van der Waals surface area contributed by atoms with E-state index in [9.17, 15) is 9.18 Å². The van der Waals surface area contributed by atoms with Gasteiger partial charge in [-0.25, -0.2) is 4.39 Å². The van der Waals surface area contributed by atoms with E-state index in [4.69, 9.17) is 5.73 Å². The lowest BCUT2D eigenvalue weighted by molar-refractivity contribution is 0.100. The maximum atomic E-state index is 12.7. The quantitative estimate of drug-likeness (QED) is 0.892. The van der Waals surface area contributed by atoms with E-state index in [1.165, 1.54) is 12.1 Å². The van der Waals surface area contributed by atoms with E-state index >= 15 is 0 Å². The number of amides is 1. The SMILES string of the molecule is Cl.NC(=O)c1cccnc1-c1ccc(F)cc1. The van der Waals surface area contributed by atoms with Gasteiger partial charge in [-0.15, -0.1) is 12.4 Å². The Balaban J connectivity index is 0.00000144. The van der Waals surface area contributed by atoms with Crippen LogP contribution in [-0.4, -0.2) is 10.9 Å². The zero-order valence-corrected chi connectivity index (χ0v) is 9.58. The highest BCUT2D eigenvalue weighted by Gasteiger charge is 2.10. The van der Waals surface area contributed by atoms with Crippen molar-refractivity contribution in [3.05, 3.63) is 54.0 Å². The van der Waals surface area contributed by atoms with E-state index in [1.807, 2.05) is 0 Å². The summed E-state index contributed by atoms with van der Waals surface area (Å²) < 4.78 is 12.7. The maximum Gasteiger partial charge on any atom is 0.250 e. The van der Waals surface area contributed by atoms with Crippen molar-refractivity contribution < 1.29 is 9.18 Å². The summed E-state index contributed by atoms with van der Waals surface area (Å²) in [6.45, 7) is 0. The first-order valence-corrected chi connectivity index (χ1v) is 4.69. The fraction of sp³-hybridized carbons (Fsp3) is 0. The van der Waals surface area contributed by atoms with Gasteiger partial charge in [0.2, 0.25) is 0 Å². The average molecular weight is 253 g/mol. The van der Waals surface area contributed by atoms with Gasteiger partial charge in [0.1, 0.15) is 5.82 Å². The van der Waals surface area contributed by atoms with Crippen LogP contribution in [0.5, 0.6) is 0 Å². The van der Waals surface area contributed by atoms with Crippen LogP contribution in [0.15, 0.2) is 42.6 Å². The molecule has 2 aromatic rings. The summed E-state index contributed by atoms with van der Waals surface area (Å²) in [5.41, 5.74) is 6.69. The molecule has 0 atom stereocenters. The van der Waals surface area contributed by atoms with E-state index in [1.54, 1.807) is 30.5 Å². The van der Waals surface area contributed by atoms with E-state index < -0.39 is 5.91 Å². The van der Waals surface area contributed by atoms with Crippen LogP contribution in [-0.2, 0) is 0 Å². The topological polar surface area (TPSA) is 56.0 Å². The number of pyridine rings is 1. The van der Waals surface area contributed by atoms with Gasteiger partial charge in [0.05, 0.1) is 11.3 Å². The Bertz CT molecular complexity index is 528. The molecule has 1 aromatic heterocycles. The number of rotatable bonds is 2. The standard InChI is InChI=1S/C12H9FN2O.ClH/c13-9-5-3-8(4-6-9)11-10(12(14)16)2-1-7-15-11;/h1-7H,(H2,14,16);1H. The molecule has 0 aliphatic carbocycles. The lowest BCUT2D eigenvalue weighted by Crippen LogP contribution is -2.12. The summed E-state index contributed by atoms with van der Waals surface area (Å²) in [4.78, 5) is 15.2. The molecular weight excluding hydrogens is 243 g/mol. The zero-order chi connectivity index (χ0) is 11.5. The number of primary amides is 1. The van der Waals surface area contributed by atoms with Crippen LogP contribution in [0.25, 0.3) is 11.3 Å². The van der Waals surface area contributed by atoms with Crippen LogP contribution < -0.4 is 5.73 Å². The average Bonchev–Trinajstić information content (AvgIpc) is 2.30. The fourth-order valence-electron chi connectivity index (χ4n) is 1.44. The molecular formula is C12H10ClFN2O. The third-order valence-corrected chi connectivity index (χ3v) is 2.19. The van der Waals surface area contributed by atoms with Gasteiger partial charge in [0.15, 0.2) is 0 Å². The molecule has 5 heteroatoms. The Hall–Kier alpha value is -1.94.